The second-order valence-corrected chi connectivity index (χ2v) is 9.10. The first-order valence-corrected chi connectivity index (χ1v) is 12.6. The van der Waals surface area contributed by atoms with Gasteiger partial charge >= 0.3 is 0 Å². The van der Waals surface area contributed by atoms with Crippen molar-refractivity contribution < 1.29 is 4.74 Å². The highest BCUT2D eigenvalue weighted by molar-refractivity contribution is 6.06. The smallest absolute Gasteiger partial charge is 0.253 e. The predicted octanol–water partition coefficient (Wildman–Crippen LogP) is 7.04. The van der Waals surface area contributed by atoms with Crippen molar-refractivity contribution in [2.75, 3.05) is 0 Å². The summed E-state index contributed by atoms with van der Waals surface area (Å²) >= 11 is 0. The second-order valence-electron chi connectivity index (χ2n) is 9.10. The zero-order valence-corrected chi connectivity index (χ0v) is 20.5. The number of hydrogen-bond acceptors (Lipinski definition) is 4. The number of aromatic nitrogens is 3. The average Bonchev–Trinajstić information content (AvgIpc) is 3.00. The topological polar surface area (TPSA) is 50.9 Å². The molecule has 1 atom stereocenters. The first-order chi connectivity index (χ1) is 18.8. The van der Waals surface area contributed by atoms with Crippen molar-refractivity contribution in [2.45, 2.75) is 6.10 Å². The van der Waals surface area contributed by atoms with Crippen molar-refractivity contribution in [3.05, 3.63) is 133 Å². The van der Waals surface area contributed by atoms with Crippen LogP contribution in [0, 0.1) is 0 Å². The van der Waals surface area contributed by atoms with E-state index < -0.39 is 0 Å². The van der Waals surface area contributed by atoms with E-state index in [1.807, 2.05) is 91.0 Å². The lowest BCUT2D eigenvalue weighted by molar-refractivity contribution is 0.303. The number of rotatable bonds is 4. The van der Waals surface area contributed by atoms with Crippen molar-refractivity contribution in [2.24, 2.45) is 0 Å². The van der Waals surface area contributed by atoms with Crippen molar-refractivity contribution >= 4 is 17.1 Å². The van der Waals surface area contributed by atoms with Gasteiger partial charge in [0.05, 0.1) is 0 Å². The molecule has 38 heavy (non-hydrogen) atoms. The van der Waals surface area contributed by atoms with Crippen LogP contribution in [0.15, 0.2) is 133 Å². The van der Waals surface area contributed by atoms with Crippen LogP contribution in [0.3, 0.4) is 0 Å². The Bertz CT molecular complexity index is 1670. The number of ether oxygens (including phenoxy) is 1. The van der Waals surface area contributed by atoms with E-state index in [1.165, 1.54) is 0 Å². The fraction of sp³-hybridized carbons (Fsp3) is 0.0303. The highest BCUT2D eigenvalue weighted by atomic mass is 16.5. The maximum Gasteiger partial charge on any atom is 0.253 e. The Kier molecular flexibility index (Phi) is 5.44. The molecule has 5 aromatic rings. The quantitative estimate of drug-likeness (QED) is 0.253. The number of fused-ring (bicyclic) bond motifs is 2. The summed E-state index contributed by atoms with van der Waals surface area (Å²) in [7, 11) is 0. The van der Waals surface area contributed by atoms with Crippen LogP contribution in [-0.4, -0.2) is 26.8 Å². The van der Waals surface area contributed by atoms with Gasteiger partial charge in [-0.15, -0.1) is 0 Å². The Morgan fingerprint density at radius 3 is 1.74 bits per heavy atom. The molecule has 5 heteroatoms. The van der Waals surface area contributed by atoms with E-state index in [0.29, 0.717) is 17.5 Å². The molecule has 0 spiro atoms. The van der Waals surface area contributed by atoms with Crippen LogP contribution in [0.25, 0.3) is 34.2 Å². The number of hydrogen-bond donors (Lipinski definition) is 0. The maximum absolute atomic E-state index is 6.25. The van der Waals surface area contributed by atoms with Crippen molar-refractivity contribution in [3.8, 4) is 39.9 Å². The van der Waals surface area contributed by atoms with Gasteiger partial charge in [0.1, 0.15) is 0 Å². The number of nitrogens with zero attached hydrogens (tertiary/aromatic N) is 4. The van der Waals surface area contributed by atoms with Gasteiger partial charge in [0.2, 0.25) is 17.5 Å². The van der Waals surface area contributed by atoms with Crippen LogP contribution >= 0.6 is 0 Å². The molecule has 1 aromatic heterocycles. The molecule has 1 aliphatic heterocycles. The summed E-state index contributed by atoms with van der Waals surface area (Å²) in [6.07, 6.45) is 8.14. The van der Waals surface area contributed by atoms with Gasteiger partial charge in [-0.2, -0.15) is 4.58 Å². The SMILES string of the molecule is C1=CC2=[N+](c3ccc(-c4nc(-c5ccccc5)nc(-c5ccccc5)n4)cc3)c3ccccc3OC2C=C1. The van der Waals surface area contributed by atoms with Crippen LogP contribution in [0.2, 0.25) is 0 Å². The number of benzene rings is 4. The summed E-state index contributed by atoms with van der Waals surface area (Å²) in [4.78, 5) is 14.5. The molecule has 1 aliphatic carbocycles. The molecule has 0 radical (unpaired) electrons. The minimum Gasteiger partial charge on any atom is -0.468 e. The summed E-state index contributed by atoms with van der Waals surface area (Å²) in [6, 6.07) is 36.6. The number of para-hydroxylation sites is 2. The summed E-state index contributed by atoms with van der Waals surface area (Å²) in [5, 5.41) is 0. The molecule has 0 bridgehead atoms. The molecule has 7 rings (SSSR count). The van der Waals surface area contributed by atoms with E-state index in [0.717, 1.165) is 39.5 Å². The molecular formula is C33H23N4O+. The van der Waals surface area contributed by atoms with E-state index in [9.17, 15) is 0 Å². The van der Waals surface area contributed by atoms with Gasteiger partial charge in [-0.1, -0.05) is 84.9 Å². The minimum absolute atomic E-state index is 0.125. The highest BCUT2D eigenvalue weighted by Crippen LogP contribution is 2.36. The van der Waals surface area contributed by atoms with Crippen molar-refractivity contribution in [3.63, 3.8) is 0 Å². The lowest BCUT2D eigenvalue weighted by Gasteiger charge is -2.23. The van der Waals surface area contributed by atoms with Crippen LogP contribution in [0.1, 0.15) is 0 Å². The van der Waals surface area contributed by atoms with Crippen LogP contribution in [0.5, 0.6) is 5.75 Å². The lowest BCUT2D eigenvalue weighted by atomic mass is 10.0. The van der Waals surface area contributed by atoms with E-state index in [4.69, 9.17) is 19.7 Å². The molecule has 180 valence electrons. The predicted molar refractivity (Wildman–Crippen MR) is 152 cm³/mol. The first kappa shape index (κ1) is 22.1. The van der Waals surface area contributed by atoms with E-state index in [1.54, 1.807) is 0 Å². The Morgan fingerprint density at radius 2 is 1.11 bits per heavy atom. The van der Waals surface area contributed by atoms with Gasteiger partial charge < -0.3 is 4.74 Å². The maximum atomic E-state index is 6.25. The molecule has 2 aliphatic rings. The molecule has 2 heterocycles. The number of allylic oxidation sites excluding steroid dienone is 2. The van der Waals surface area contributed by atoms with Crippen LogP contribution in [-0.2, 0) is 0 Å². The van der Waals surface area contributed by atoms with Gasteiger partial charge in [0.25, 0.3) is 5.69 Å². The Balaban J connectivity index is 1.34. The van der Waals surface area contributed by atoms with Crippen molar-refractivity contribution in [1.82, 2.24) is 19.5 Å². The van der Waals surface area contributed by atoms with E-state index >= 15 is 0 Å². The first-order valence-electron chi connectivity index (χ1n) is 12.6. The fourth-order valence-corrected chi connectivity index (χ4v) is 4.82. The third-order valence-corrected chi connectivity index (χ3v) is 6.66. The zero-order chi connectivity index (χ0) is 25.3. The molecule has 0 amide bonds. The largest absolute Gasteiger partial charge is 0.468 e. The normalized spacial score (nSPS) is 15.5. The van der Waals surface area contributed by atoms with Crippen LogP contribution < -0.4 is 9.31 Å². The molecule has 0 N–H and O–H groups in total. The fourth-order valence-electron chi connectivity index (χ4n) is 4.82. The third-order valence-electron chi connectivity index (χ3n) is 6.66. The van der Waals surface area contributed by atoms with E-state index in [-0.39, 0.29) is 6.10 Å². The summed E-state index contributed by atoms with van der Waals surface area (Å²) in [5.41, 5.74) is 5.97. The molecule has 4 aromatic carbocycles. The molecule has 1 unspecified atom stereocenters. The zero-order valence-electron chi connectivity index (χ0n) is 20.5. The second kappa shape index (κ2) is 9.37. The average molecular weight is 492 g/mol. The summed E-state index contributed by atoms with van der Waals surface area (Å²) in [6.45, 7) is 0. The third kappa shape index (κ3) is 4.00. The molecule has 0 saturated heterocycles. The van der Waals surface area contributed by atoms with Crippen molar-refractivity contribution in [1.29, 1.82) is 0 Å². The van der Waals surface area contributed by atoms with Crippen LogP contribution in [0.4, 0.5) is 11.4 Å². The lowest BCUT2D eigenvalue weighted by Crippen LogP contribution is -2.36. The van der Waals surface area contributed by atoms with Gasteiger partial charge in [-0.3, -0.25) is 0 Å². The summed E-state index contributed by atoms with van der Waals surface area (Å²) < 4.78 is 8.50. The van der Waals surface area contributed by atoms with E-state index in [2.05, 4.69) is 47.1 Å². The van der Waals surface area contributed by atoms with Gasteiger partial charge in [-0.25, -0.2) is 15.0 Å². The Labute approximate surface area is 220 Å². The Hall–Kier alpha value is -5.16. The Morgan fingerprint density at radius 1 is 0.553 bits per heavy atom. The monoisotopic (exact) mass is 491 g/mol. The van der Waals surface area contributed by atoms with Gasteiger partial charge in [0.15, 0.2) is 23.2 Å². The highest BCUT2D eigenvalue weighted by Gasteiger charge is 2.35. The molecule has 5 nitrogen and oxygen atoms in total. The molecule has 0 saturated carbocycles. The minimum atomic E-state index is -0.125. The molecular weight excluding hydrogens is 468 g/mol. The molecule has 0 fully saturated rings. The summed E-state index contributed by atoms with van der Waals surface area (Å²) in [5.74, 6) is 2.80. The van der Waals surface area contributed by atoms with Gasteiger partial charge in [0, 0.05) is 41.0 Å². The van der Waals surface area contributed by atoms with Gasteiger partial charge in [-0.05, 0) is 24.3 Å². The standard InChI is InChI=1S/C33H23N4O/c1-3-11-23(12-4-1)31-34-32(24-13-5-2-6-14-24)36-33(35-31)25-19-21-26(22-20-25)37-27-15-7-9-17-29(27)38-30-18-10-8-16-28(30)37/h1-22,29H/q+1.